The van der Waals surface area contributed by atoms with E-state index in [1.807, 2.05) is 23.1 Å². The molecular formula is C14H19NO3. The van der Waals surface area contributed by atoms with Gasteiger partial charge in [0.1, 0.15) is 6.04 Å². The number of benzene rings is 1. The summed E-state index contributed by atoms with van der Waals surface area (Å²) in [7, 11) is 0. The zero-order valence-electron chi connectivity index (χ0n) is 10.4. The number of rotatable bonds is 5. The van der Waals surface area contributed by atoms with E-state index in [4.69, 9.17) is 9.84 Å². The van der Waals surface area contributed by atoms with Crippen molar-refractivity contribution in [3.8, 4) is 0 Å². The third-order valence-electron chi connectivity index (χ3n) is 3.28. The van der Waals surface area contributed by atoms with Gasteiger partial charge in [0.2, 0.25) is 0 Å². The maximum absolute atomic E-state index is 11.1. The first kappa shape index (κ1) is 13.1. The molecule has 1 N–H and O–H groups in total. The zero-order valence-corrected chi connectivity index (χ0v) is 10.4. The van der Waals surface area contributed by atoms with Crippen LogP contribution in [0.4, 0.5) is 0 Å². The van der Waals surface area contributed by atoms with Gasteiger partial charge in [-0.1, -0.05) is 30.3 Å². The van der Waals surface area contributed by atoms with Crippen molar-refractivity contribution < 1.29 is 14.6 Å². The van der Waals surface area contributed by atoms with Gasteiger partial charge in [0.05, 0.1) is 13.2 Å². The fourth-order valence-electron chi connectivity index (χ4n) is 2.26. The molecule has 0 aliphatic carbocycles. The third-order valence-corrected chi connectivity index (χ3v) is 3.28. The summed E-state index contributed by atoms with van der Waals surface area (Å²) < 4.78 is 5.22. The van der Waals surface area contributed by atoms with Gasteiger partial charge in [-0.15, -0.1) is 0 Å². The standard InChI is InChI=1S/C14H19NO3/c16-14(17)13-11-18-10-9-15(13)8-4-7-12-5-2-1-3-6-12/h1-3,5-6,13H,4,7-11H2,(H,16,17). The van der Waals surface area contributed by atoms with Crippen molar-refractivity contribution in [1.82, 2.24) is 4.90 Å². The molecule has 18 heavy (non-hydrogen) atoms. The van der Waals surface area contributed by atoms with Crippen LogP contribution in [0, 0.1) is 0 Å². The Morgan fingerprint density at radius 2 is 2.17 bits per heavy atom. The summed E-state index contributed by atoms with van der Waals surface area (Å²) in [5, 5.41) is 9.10. The van der Waals surface area contributed by atoms with Gasteiger partial charge < -0.3 is 9.84 Å². The molecule has 1 aliphatic heterocycles. The van der Waals surface area contributed by atoms with Gasteiger partial charge in [-0.2, -0.15) is 0 Å². The van der Waals surface area contributed by atoms with Crippen LogP contribution in [0.5, 0.6) is 0 Å². The summed E-state index contributed by atoms with van der Waals surface area (Å²) in [5.74, 6) is -0.783. The first-order valence-corrected chi connectivity index (χ1v) is 6.36. The smallest absolute Gasteiger partial charge is 0.323 e. The van der Waals surface area contributed by atoms with E-state index in [9.17, 15) is 4.79 Å². The molecule has 0 spiro atoms. The highest BCUT2D eigenvalue weighted by atomic mass is 16.5. The largest absolute Gasteiger partial charge is 0.480 e. The molecule has 0 saturated carbocycles. The SMILES string of the molecule is O=C(O)C1COCCN1CCCc1ccccc1. The molecule has 1 heterocycles. The predicted molar refractivity (Wildman–Crippen MR) is 68.6 cm³/mol. The molecule has 1 aliphatic rings. The lowest BCUT2D eigenvalue weighted by Gasteiger charge is -2.32. The lowest BCUT2D eigenvalue weighted by atomic mass is 10.1. The van der Waals surface area contributed by atoms with Crippen molar-refractivity contribution in [3.63, 3.8) is 0 Å². The van der Waals surface area contributed by atoms with Gasteiger partial charge in [0.25, 0.3) is 0 Å². The number of carbonyl (C=O) groups is 1. The Bertz CT molecular complexity index is 380. The molecule has 0 amide bonds. The maximum Gasteiger partial charge on any atom is 0.323 e. The number of carboxylic acid groups (broad SMARTS) is 1. The van der Waals surface area contributed by atoms with E-state index in [1.165, 1.54) is 5.56 Å². The van der Waals surface area contributed by atoms with Crippen LogP contribution in [0.3, 0.4) is 0 Å². The molecule has 0 bridgehead atoms. The minimum Gasteiger partial charge on any atom is -0.480 e. The Labute approximate surface area is 107 Å². The van der Waals surface area contributed by atoms with E-state index >= 15 is 0 Å². The Morgan fingerprint density at radius 1 is 1.39 bits per heavy atom. The summed E-state index contributed by atoms with van der Waals surface area (Å²) in [6, 6.07) is 9.80. The van der Waals surface area contributed by atoms with Gasteiger partial charge in [0, 0.05) is 6.54 Å². The van der Waals surface area contributed by atoms with E-state index in [0.717, 1.165) is 19.4 Å². The number of morpholine rings is 1. The molecule has 1 fully saturated rings. The summed E-state index contributed by atoms with van der Waals surface area (Å²) >= 11 is 0. The topological polar surface area (TPSA) is 49.8 Å². The van der Waals surface area contributed by atoms with Crippen molar-refractivity contribution in [2.45, 2.75) is 18.9 Å². The fraction of sp³-hybridized carbons (Fsp3) is 0.500. The number of ether oxygens (including phenoxy) is 1. The Kier molecular flexibility index (Phi) is 4.73. The lowest BCUT2D eigenvalue weighted by molar-refractivity contribution is -0.149. The highest BCUT2D eigenvalue weighted by molar-refractivity contribution is 5.73. The van der Waals surface area contributed by atoms with Gasteiger partial charge in [-0.3, -0.25) is 9.69 Å². The molecule has 0 radical (unpaired) electrons. The zero-order chi connectivity index (χ0) is 12.8. The molecule has 1 unspecified atom stereocenters. The van der Waals surface area contributed by atoms with Crippen LogP contribution in [0.2, 0.25) is 0 Å². The van der Waals surface area contributed by atoms with Gasteiger partial charge in [-0.25, -0.2) is 0 Å². The van der Waals surface area contributed by atoms with E-state index in [-0.39, 0.29) is 0 Å². The molecule has 4 heteroatoms. The minimum atomic E-state index is -0.783. The number of aryl methyl sites for hydroxylation is 1. The summed E-state index contributed by atoms with van der Waals surface area (Å²) in [6.45, 7) is 2.47. The minimum absolute atomic E-state index is 0.306. The van der Waals surface area contributed by atoms with Crippen molar-refractivity contribution in [2.75, 3.05) is 26.3 Å². The van der Waals surface area contributed by atoms with E-state index < -0.39 is 12.0 Å². The summed E-state index contributed by atoms with van der Waals surface area (Å²) in [5.41, 5.74) is 1.30. The molecule has 2 rings (SSSR count). The van der Waals surface area contributed by atoms with E-state index in [0.29, 0.717) is 19.8 Å². The van der Waals surface area contributed by atoms with Crippen LogP contribution in [0.25, 0.3) is 0 Å². The normalized spacial score (nSPS) is 20.8. The molecule has 1 aromatic rings. The average Bonchev–Trinajstić information content (AvgIpc) is 2.40. The second-order valence-corrected chi connectivity index (χ2v) is 4.55. The number of carboxylic acids is 1. The van der Waals surface area contributed by atoms with Gasteiger partial charge in [-0.05, 0) is 24.9 Å². The Morgan fingerprint density at radius 3 is 2.89 bits per heavy atom. The quantitative estimate of drug-likeness (QED) is 0.857. The van der Waals surface area contributed by atoms with Crippen LogP contribution in [-0.4, -0.2) is 48.3 Å². The first-order chi connectivity index (χ1) is 8.77. The second-order valence-electron chi connectivity index (χ2n) is 4.55. The Hall–Kier alpha value is -1.39. The summed E-state index contributed by atoms with van der Waals surface area (Å²) in [4.78, 5) is 13.1. The first-order valence-electron chi connectivity index (χ1n) is 6.36. The van der Waals surface area contributed by atoms with Crippen LogP contribution >= 0.6 is 0 Å². The van der Waals surface area contributed by atoms with Gasteiger partial charge >= 0.3 is 5.97 Å². The predicted octanol–water partition coefficient (Wildman–Crippen LogP) is 1.40. The average molecular weight is 249 g/mol. The van der Waals surface area contributed by atoms with Crippen LogP contribution < -0.4 is 0 Å². The molecule has 4 nitrogen and oxygen atoms in total. The molecule has 1 saturated heterocycles. The molecule has 1 aromatic carbocycles. The lowest BCUT2D eigenvalue weighted by Crippen LogP contribution is -2.50. The maximum atomic E-state index is 11.1. The molecule has 1 atom stereocenters. The number of aliphatic carboxylic acids is 1. The molecule has 0 aromatic heterocycles. The number of hydrogen-bond donors (Lipinski definition) is 1. The highest BCUT2D eigenvalue weighted by Crippen LogP contribution is 2.10. The molecule has 98 valence electrons. The van der Waals surface area contributed by atoms with Crippen molar-refractivity contribution in [2.24, 2.45) is 0 Å². The van der Waals surface area contributed by atoms with Crippen molar-refractivity contribution >= 4 is 5.97 Å². The van der Waals surface area contributed by atoms with Crippen LogP contribution in [0.1, 0.15) is 12.0 Å². The van der Waals surface area contributed by atoms with Crippen LogP contribution in [-0.2, 0) is 16.0 Å². The highest BCUT2D eigenvalue weighted by Gasteiger charge is 2.28. The Balaban J connectivity index is 1.79. The fourth-order valence-corrected chi connectivity index (χ4v) is 2.26. The van der Waals surface area contributed by atoms with Crippen molar-refractivity contribution in [1.29, 1.82) is 0 Å². The van der Waals surface area contributed by atoms with Gasteiger partial charge in [0.15, 0.2) is 0 Å². The van der Waals surface area contributed by atoms with Crippen LogP contribution in [0.15, 0.2) is 30.3 Å². The van der Waals surface area contributed by atoms with Crippen molar-refractivity contribution in [3.05, 3.63) is 35.9 Å². The summed E-state index contributed by atoms with van der Waals surface area (Å²) in [6.07, 6.45) is 1.97. The van der Waals surface area contributed by atoms with E-state index in [1.54, 1.807) is 0 Å². The number of nitrogens with zero attached hydrogens (tertiary/aromatic N) is 1. The molecular weight excluding hydrogens is 230 g/mol. The number of hydrogen-bond acceptors (Lipinski definition) is 3. The van der Waals surface area contributed by atoms with E-state index in [2.05, 4.69) is 12.1 Å². The second kappa shape index (κ2) is 6.52. The third kappa shape index (κ3) is 3.55. The monoisotopic (exact) mass is 249 g/mol.